The van der Waals surface area contributed by atoms with Crippen LogP contribution < -0.4 is 14.8 Å². The highest BCUT2D eigenvalue weighted by Gasteiger charge is 2.46. The first-order chi connectivity index (χ1) is 16.4. The molecule has 3 aliphatic rings. The number of nitrogens with one attached hydrogen (secondary N) is 1. The van der Waals surface area contributed by atoms with Crippen LogP contribution in [0.25, 0.3) is 0 Å². The maximum Gasteiger partial charge on any atom is 0.234 e. The van der Waals surface area contributed by atoms with Crippen LogP contribution >= 0.6 is 11.8 Å². The standard InChI is InChI=1S/C27H32N2O4S/c1-18-6-5-7-20(12-18)28-25(30)15-34-16-26(31)29-17-27(8-3-4-9-27)22-14-24-23(32-10-11-33-24)13-21(22)19(29)2/h5-7,12-14,19H,3-4,8-11,15-17H2,1-2H3,(H,28,30). The highest BCUT2D eigenvalue weighted by molar-refractivity contribution is 8.00. The number of thioether (sulfide) groups is 1. The lowest BCUT2D eigenvalue weighted by molar-refractivity contribution is -0.132. The molecule has 2 aromatic rings. The minimum atomic E-state index is -0.0866. The number of nitrogens with zero attached hydrogens (tertiary/aromatic N) is 1. The number of hydrogen-bond acceptors (Lipinski definition) is 5. The molecule has 5 rings (SSSR count). The monoisotopic (exact) mass is 480 g/mol. The van der Waals surface area contributed by atoms with Crippen LogP contribution in [-0.4, -0.2) is 48.0 Å². The number of amides is 2. The Hall–Kier alpha value is -2.67. The first kappa shape index (κ1) is 23.1. The summed E-state index contributed by atoms with van der Waals surface area (Å²) in [4.78, 5) is 27.7. The lowest BCUT2D eigenvalue weighted by Crippen LogP contribution is -2.49. The van der Waals surface area contributed by atoms with Crippen molar-refractivity contribution < 1.29 is 19.1 Å². The number of carbonyl (C=O) groups is 2. The van der Waals surface area contributed by atoms with Crippen LogP contribution in [0.15, 0.2) is 36.4 Å². The molecule has 0 aromatic heterocycles. The molecular formula is C27H32N2O4S. The predicted molar refractivity (Wildman–Crippen MR) is 135 cm³/mol. The fourth-order valence-corrected chi connectivity index (χ4v) is 6.34. The Morgan fingerprint density at radius 2 is 1.82 bits per heavy atom. The smallest absolute Gasteiger partial charge is 0.234 e. The zero-order valence-corrected chi connectivity index (χ0v) is 20.7. The van der Waals surface area contributed by atoms with E-state index >= 15 is 0 Å². The van der Waals surface area contributed by atoms with Gasteiger partial charge in [-0.05, 0) is 67.6 Å². The number of hydrogen-bond donors (Lipinski definition) is 1. The summed E-state index contributed by atoms with van der Waals surface area (Å²) in [5, 5.41) is 2.92. The highest BCUT2D eigenvalue weighted by atomic mass is 32.2. The maximum absolute atomic E-state index is 13.3. The summed E-state index contributed by atoms with van der Waals surface area (Å²) in [5.74, 6) is 2.16. The van der Waals surface area contributed by atoms with Crippen LogP contribution in [0.2, 0.25) is 0 Å². The van der Waals surface area contributed by atoms with Gasteiger partial charge in [-0.3, -0.25) is 9.59 Å². The Balaban J connectivity index is 1.27. The zero-order valence-electron chi connectivity index (χ0n) is 19.9. The first-order valence-electron chi connectivity index (χ1n) is 12.1. The number of carbonyl (C=O) groups excluding carboxylic acids is 2. The lowest BCUT2D eigenvalue weighted by Gasteiger charge is -2.46. The van der Waals surface area contributed by atoms with E-state index in [1.54, 1.807) is 0 Å². The van der Waals surface area contributed by atoms with Crippen molar-refractivity contribution in [2.75, 3.05) is 36.6 Å². The fourth-order valence-electron chi connectivity index (χ4n) is 5.64. The summed E-state index contributed by atoms with van der Waals surface area (Å²) in [6.45, 7) is 5.95. The molecule has 1 spiro atoms. The van der Waals surface area contributed by atoms with E-state index in [1.807, 2.05) is 36.1 Å². The number of benzene rings is 2. The second-order valence-electron chi connectivity index (χ2n) is 9.68. The van der Waals surface area contributed by atoms with Gasteiger partial charge in [-0.2, -0.15) is 0 Å². The van der Waals surface area contributed by atoms with Crippen molar-refractivity contribution in [1.82, 2.24) is 4.90 Å². The van der Waals surface area contributed by atoms with Gasteiger partial charge in [0.05, 0.1) is 17.5 Å². The van der Waals surface area contributed by atoms with E-state index in [9.17, 15) is 9.59 Å². The number of aryl methyl sites for hydroxylation is 1. The van der Waals surface area contributed by atoms with E-state index < -0.39 is 0 Å². The molecule has 1 aliphatic carbocycles. The van der Waals surface area contributed by atoms with Crippen LogP contribution in [0, 0.1) is 6.92 Å². The molecule has 2 heterocycles. The van der Waals surface area contributed by atoms with Crippen molar-refractivity contribution in [3.63, 3.8) is 0 Å². The van der Waals surface area contributed by atoms with Gasteiger partial charge in [0, 0.05) is 17.6 Å². The van der Waals surface area contributed by atoms with Crippen LogP contribution in [0.3, 0.4) is 0 Å². The molecule has 0 saturated heterocycles. The Labute approximate surface area is 205 Å². The van der Waals surface area contributed by atoms with Crippen LogP contribution in [0.5, 0.6) is 11.5 Å². The lowest BCUT2D eigenvalue weighted by atomic mass is 9.71. The highest BCUT2D eigenvalue weighted by Crippen LogP contribution is 2.52. The molecule has 0 radical (unpaired) electrons. The average Bonchev–Trinajstić information content (AvgIpc) is 3.30. The number of rotatable bonds is 5. The van der Waals surface area contributed by atoms with E-state index in [4.69, 9.17) is 9.47 Å². The van der Waals surface area contributed by atoms with Gasteiger partial charge in [-0.15, -0.1) is 11.8 Å². The third-order valence-electron chi connectivity index (χ3n) is 7.32. The normalized spacial score (nSPS) is 20.2. The van der Waals surface area contributed by atoms with Crippen LogP contribution in [-0.2, 0) is 15.0 Å². The minimum Gasteiger partial charge on any atom is -0.486 e. The molecule has 6 nitrogen and oxygen atoms in total. The van der Waals surface area contributed by atoms with E-state index in [1.165, 1.54) is 35.7 Å². The van der Waals surface area contributed by atoms with Crippen molar-refractivity contribution in [3.8, 4) is 11.5 Å². The van der Waals surface area contributed by atoms with E-state index in [2.05, 4.69) is 24.4 Å². The molecule has 7 heteroatoms. The van der Waals surface area contributed by atoms with E-state index in [0.29, 0.717) is 19.0 Å². The molecule has 1 unspecified atom stereocenters. The number of fused-ring (bicyclic) bond motifs is 3. The van der Waals surface area contributed by atoms with Crippen molar-refractivity contribution in [2.45, 2.75) is 51.0 Å². The largest absolute Gasteiger partial charge is 0.486 e. The maximum atomic E-state index is 13.3. The minimum absolute atomic E-state index is 0.0133. The van der Waals surface area contributed by atoms with Crippen molar-refractivity contribution in [3.05, 3.63) is 53.1 Å². The Morgan fingerprint density at radius 3 is 2.56 bits per heavy atom. The van der Waals surface area contributed by atoms with Crippen molar-refractivity contribution in [2.24, 2.45) is 0 Å². The Bertz CT molecular complexity index is 1100. The molecule has 34 heavy (non-hydrogen) atoms. The van der Waals surface area contributed by atoms with Crippen LogP contribution in [0.1, 0.15) is 55.3 Å². The molecular weight excluding hydrogens is 448 g/mol. The molecule has 1 N–H and O–H groups in total. The van der Waals surface area contributed by atoms with Crippen LogP contribution in [0.4, 0.5) is 5.69 Å². The van der Waals surface area contributed by atoms with Crippen molar-refractivity contribution in [1.29, 1.82) is 0 Å². The van der Waals surface area contributed by atoms with Gasteiger partial charge in [0.15, 0.2) is 11.5 Å². The van der Waals surface area contributed by atoms with Gasteiger partial charge >= 0.3 is 0 Å². The zero-order chi connectivity index (χ0) is 23.7. The molecule has 180 valence electrons. The van der Waals surface area contributed by atoms with E-state index in [0.717, 1.165) is 42.1 Å². The summed E-state index contributed by atoms with van der Waals surface area (Å²) >= 11 is 1.38. The molecule has 2 aliphatic heterocycles. The second kappa shape index (κ2) is 9.53. The third-order valence-corrected chi connectivity index (χ3v) is 8.24. The molecule has 1 atom stereocenters. The van der Waals surface area contributed by atoms with Gasteiger partial charge in [0.25, 0.3) is 0 Å². The quantitative estimate of drug-likeness (QED) is 0.662. The van der Waals surface area contributed by atoms with Gasteiger partial charge in [0.1, 0.15) is 13.2 Å². The first-order valence-corrected chi connectivity index (χ1v) is 13.3. The van der Waals surface area contributed by atoms with Gasteiger partial charge in [-0.1, -0.05) is 25.0 Å². The predicted octanol–water partition coefficient (Wildman–Crippen LogP) is 4.85. The SMILES string of the molecule is Cc1cccc(NC(=O)CSCC(=O)N2CC3(CCCC3)c3cc4c(cc3C2C)OCCO4)c1. The topological polar surface area (TPSA) is 67.9 Å². The summed E-state index contributed by atoms with van der Waals surface area (Å²) in [6.07, 6.45) is 4.53. The average molecular weight is 481 g/mol. The molecule has 2 aromatic carbocycles. The number of anilines is 1. The van der Waals surface area contributed by atoms with E-state index in [-0.39, 0.29) is 29.0 Å². The fraction of sp³-hybridized carbons (Fsp3) is 0.481. The number of ether oxygens (including phenoxy) is 2. The summed E-state index contributed by atoms with van der Waals surface area (Å²) in [6, 6.07) is 12.0. The Kier molecular flexibility index (Phi) is 6.47. The van der Waals surface area contributed by atoms with Gasteiger partial charge in [0.2, 0.25) is 11.8 Å². The molecule has 0 bridgehead atoms. The summed E-state index contributed by atoms with van der Waals surface area (Å²) < 4.78 is 11.7. The second-order valence-corrected chi connectivity index (χ2v) is 10.7. The molecule has 1 saturated carbocycles. The third kappa shape index (κ3) is 4.50. The molecule has 2 amide bonds. The Morgan fingerprint density at radius 1 is 1.09 bits per heavy atom. The van der Waals surface area contributed by atoms with Gasteiger partial charge < -0.3 is 19.7 Å². The van der Waals surface area contributed by atoms with Gasteiger partial charge in [-0.25, -0.2) is 0 Å². The summed E-state index contributed by atoms with van der Waals surface area (Å²) in [7, 11) is 0. The summed E-state index contributed by atoms with van der Waals surface area (Å²) in [5.41, 5.74) is 4.37. The molecule has 1 fully saturated rings. The van der Waals surface area contributed by atoms with Crippen molar-refractivity contribution >= 4 is 29.3 Å².